The summed E-state index contributed by atoms with van der Waals surface area (Å²) in [4.78, 5) is 31.0. The van der Waals surface area contributed by atoms with Gasteiger partial charge in [0.05, 0.1) is 18.4 Å². The van der Waals surface area contributed by atoms with Crippen LogP contribution in [-0.2, 0) is 11.3 Å². The van der Waals surface area contributed by atoms with Gasteiger partial charge in [-0.1, -0.05) is 12.1 Å². The highest BCUT2D eigenvalue weighted by atomic mass is 16.5. The van der Waals surface area contributed by atoms with Gasteiger partial charge in [-0.25, -0.2) is 0 Å². The van der Waals surface area contributed by atoms with Crippen LogP contribution in [-0.4, -0.2) is 60.4 Å². The predicted molar refractivity (Wildman–Crippen MR) is 98.1 cm³/mol. The Kier molecular flexibility index (Phi) is 5.68. The minimum absolute atomic E-state index is 0.0591. The molecule has 0 atom stereocenters. The minimum atomic E-state index is -0.0591. The summed E-state index contributed by atoms with van der Waals surface area (Å²) in [6.07, 6.45) is 4.10. The van der Waals surface area contributed by atoms with Crippen LogP contribution in [0.1, 0.15) is 15.9 Å². The first-order valence-electron chi connectivity index (χ1n) is 8.50. The molecule has 0 radical (unpaired) electrons. The normalized spacial score (nSPS) is 14.0. The van der Waals surface area contributed by atoms with E-state index >= 15 is 0 Å². The molecular weight excluding hydrogens is 332 g/mol. The van der Waals surface area contributed by atoms with Gasteiger partial charge >= 0.3 is 0 Å². The van der Waals surface area contributed by atoms with E-state index < -0.39 is 0 Å². The number of hydrogen-bond acceptors (Lipinski definition) is 5. The van der Waals surface area contributed by atoms with E-state index in [2.05, 4.69) is 10.3 Å². The number of methoxy groups -OCH3 is 1. The summed E-state index contributed by atoms with van der Waals surface area (Å²) < 4.78 is 5.15. The number of anilines is 1. The first-order chi connectivity index (χ1) is 12.7. The Bertz CT molecular complexity index is 756. The van der Waals surface area contributed by atoms with Crippen molar-refractivity contribution in [1.82, 2.24) is 14.8 Å². The van der Waals surface area contributed by atoms with Crippen molar-refractivity contribution in [3.05, 3.63) is 53.9 Å². The van der Waals surface area contributed by atoms with Crippen molar-refractivity contribution in [2.45, 2.75) is 6.54 Å². The Morgan fingerprint density at radius 2 is 1.92 bits per heavy atom. The van der Waals surface area contributed by atoms with Crippen molar-refractivity contribution in [2.75, 3.05) is 38.6 Å². The van der Waals surface area contributed by atoms with Crippen LogP contribution in [0.5, 0.6) is 5.75 Å². The first-order valence-corrected chi connectivity index (χ1v) is 8.50. The maximum atomic E-state index is 12.6. The Hall–Kier alpha value is -3.09. The molecule has 136 valence electrons. The van der Waals surface area contributed by atoms with Crippen LogP contribution >= 0.6 is 0 Å². The summed E-state index contributed by atoms with van der Waals surface area (Å²) in [5.41, 5.74) is 2.44. The highest BCUT2D eigenvalue weighted by Crippen LogP contribution is 2.15. The molecule has 1 saturated heterocycles. The summed E-state index contributed by atoms with van der Waals surface area (Å²) in [5.74, 6) is 0.758. The number of piperazine rings is 1. The highest BCUT2D eigenvalue weighted by molar-refractivity contribution is 5.94. The van der Waals surface area contributed by atoms with Crippen LogP contribution in [0.3, 0.4) is 0 Å². The molecule has 1 aliphatic heterocycles. The molecule has 1 aromatic carbocycles. The van der Waals surface area contributed by atoms with Crippen molar-refractivity contribution in [3.63, 3.8) is 0 Å². The molecule has 26 heavy (non-hydrogen) atoms. The molecule has 1 aromatic heterocycles. The van der Waals surface area contributed by atoms with Gasteiger partial charge in [0.1, 0.15) is 5.75 Å². The van der Waals surface area contributed by atoms with E-state index in [4.69, 9.17) is 4.74 Å². The van der Waals surface area contributed by atoms with E-state index in [1.807, 2.05) is 30.3 Å². The van der Waals surface area contributed by atoms with E-state index in [-0.39, 0.29) is 5.91 Å². The fraction of sp³-hybridized carbons (Fsp3) is 0.316. The lowest BCUT2D eigenvalue weighted by molar-refractivity contribution is -0.119. The summed E-state index contributed by atoms with van der Waals surface area (Å²) in [6.45, 7) is 2.85. The summed E-state index contributed by atoms with van der Waals surface area (Å²) in [7, 11) is 1.64. The Morgan fingerprint density at radius 3 is 2.58 bits per heavy atom. The standard InChI is InChI=1S/C19H22N4O3/c1-26-18-4-2-15(3-5-18)11-21-17-10-16(12-20-13-17)19(25)23-8-6-22(14-24)7-9-23/h2-5,10,12-14,21H,6-9,11H2,1H3. The zero-order chi connectivity index (χ0) is 18.4. The number of benzene rings is 1. The molecular formula is C19H22N4O3. The second kappa shape index (κ2) is 8.33. The number of nitrogens with zero attached hydrogens (tertiary/aromatic N) is 3. The van der Waals surface area contributed by atoms with E-state index in [0.717, 1.165) is 23.4 Å². The van der Waals surface area contributed by atoms with Crippen molar-refractivity contribution in [2.24, 2.45) is 0 Å². The molecule has 3 rings (SSSR count). The topological polar surface area (TPSA) is 74.8 Å². The molecule has 0 unspecified atom stereocenters. The lowest BCUT2D eigenvalue weighted by Gasteiger charge is -2.32. The van der Waals surface area contributed by atoms with Gasteiger partial charge in [0.2, 0.25) is 6.41 Å². The number of carbonyl (C=O) groups excluding carboxylic acids is 2. The molecule has 1 aliphatic rings. The molecule has 2 aromatic rings. The number of pyridine rings is 1. The monoisotopic (exact) mass is 354 g/mol. The van der Waals surface area contributed by atoms with E-state index in [0.29, 0.717) is 38.3 Å². The molecule has 0 spiro atoms. The van der Waals surface area contributed by atoms with Crippen LogP contribution < -0.4 is 10.1 Å². The van der Waals surface area contributed by atoms with Crippen LogP contribution in [0, 0.1) is 0 Å². The van der Waals surface area contributed by atoms with Gasteiger partial charge in [0.25, 0.3) is 5.91 Å². The molecule has 1 N–H and O–H groups in total. The molecule has 2 amide bonds. The molecule has 0 aliphatic carbocycles. The smallest absolute Gasteiger partial charge is 0.255 e. The van der Waals surface area contributed by atoms with Crippen LogP contribution in [0.25, 0.3) is 0 Å². The highest BCUT2D eigenvalue weighted by Gasteiger charge is 2.21. The summed E-state index contributed by atoms with van der Waals surface area (Å²) in [5, 5.41) is 3.28. The number of nitrogens with one attached hydrogen (secondary N) is 1. The lowest BCUT2D eigenvalue weighted by atomic mass is 10.2. The second-order valence-corrected chi connectivity index (χ2v) is 6.10. The Morgan fingerprint density at radius 1 is 1.19 bits per heavy atom. The number of carbonyl (C=O) groups is 2. The van der Waals surface area contributed by atoms with Crippen LogP contribution in [0.2, 0.25) is 0 Å². The quantitative estimate of drug-likeness (QED) is 0.798. The number of rotatable bonds is 6. The van der Waals surface area contributed by atoms with Crippen molar-refractivity contribution in [1.29, 1.82) is 0 Å². The number of aromatic nitrogens is 1. The SMILES string of the molecule is COc1ccc(CNc2cncc(C(=O)N3CCN(C=O)CC3)c2)cc1. The van der Waals surface area contributed by atoms with Crippen molar-refractivity contribution in [3.8, 4) is 5.75 Å². The van der Waals surface area contributed by atoms with Gasteiger partial charge in [-0.2, -0.15) is 0 Å². The molecule has 7 heteroatoms. The maximum absolute atomic E-state index is 12.6. The lowest BCUT2D eigenvalue weighted by Crippen LogP contribution is -2.48. The average molecular weight is 354 g/mol. The van der Waals surface area contributed by atoms with Gasteiger partial charge in [-0.15, -0.1) is 0 Å². The van der Waals surface area contributed by atoms with Crippen molar-refractivity contribution < 1.29 is 14.3 Å². The second-order valence-electron chi connectivity index (χ2n) is 6.10. The van der Waals surface area contributed by atoms with Gasteiger partial charge in [0, 0.05) is 45.1 Å². The molecule has 1 fully saturated rings. The molecule has 0 bridgehead atoms. The third kappa shape index (κ3) is 4.30. The predicted octanol–water partition coefficient (Wildman–Crippen LogP) is 1.62. The van der Waals surface area contributed by atoms with Gasteiger partial charge in [-0.05, 0) is 23.8 Å². The van der Waals surface area contributed by atoms with Crippen LogP contribution in [0.4, 0.5) is 5.69 Å². The van der Waals surface area contributed by atoms with Crippen molar-refractivity contribution >= 4 is 18.0 Å². The third-order valence-electron chi connectivity index (χ3n) is 4.39. The number of ether oxygens (including phenoxy) is 1. The van der Waals surface area contributed by atoms with Gasteiger partial charge in [-0.3, -0.25) is 14.6 Å². The van der Waals surface area contributed by atoms with Gasteiger partial charge < -0.3 is 19.9 Å². The fourth-order valence-electron chi connectivity index (χ4n) is 2.81. The first kappa shape index (κ1) is 17.7. The Balaban J connectivity index is 1.60. The molecule has 2 heterocycles. The van der Waals surface area contributed by atoms with E-state index in [9.17, 15) is 9.59 Å². The fourth-order valence-corrected chi connectivity index (χ4v) is 2.81. The van der Waals surface area contributed by atoms with E-state index in [1.165, 1.54) is 0 Å². The third-order valence-corrected chi connectivity index (χ3v) is 4.39. The minimum Gasteiger partial charge on any atom is -0.497 e. The van der Waals surface area contributed by atoms with Crippen LogP contribution in [0.15, 0.2) is 42.7 Å². The Labute approximate surface area is 152 Å². The zero-order valence-corrected chi connectivity index (χ0v) is 14.7. The maximum Gasteiger partial charge on any atom is 0.255 e. The summed E-state index contributed by atoms with van der Waals surface area (Å²) >= 11 is 0. The summed E-state index contributed by atoms with van der Waals surface area (Å²) in [6, 6.07) is 9.61. The molecule has 0 saturated carbocycles. The average Bonchev–Trinajstić information content (AvgIpc) is 2.72. The number of hydrogen-bond donors (Lipinski definition) is 1. The van der Waals surface area contributed by atoms with Gasteiger partial charge in [0.15, 0.2) is 0 Å². The van der Waals surface area contributed by atoms with E-state index in [1.54, 1.807) is 29.3 Å². The largest absolute Gasteiger partial charge is 0.497 e. The zero-order valence-electron chi connectivity index (χ0n) is 14.7. The number of amides is 2. The molecule has 7 nitrogen and oxygen atoms in total.